The number of carbonyl (C=O) groups is 1. The lowest BCUT2D eigenvalue weighted by atomic mass is 10.1. The normalized spacial score (nSPS) is 19.9. The van der Waals surface area contributed by atoms with Gasteiger partial charge in [0.25, 0.3) is 5.91 Å². The zero-order valence-electron chi connectivity index (χ0n) is 13.3. The van der Waals surface area contributed by atoms with E-state index in [0.717, 1.165) is 12.1 Å². The molecule has 3 N–H and O–H groups in total. The van der Waals surface area contributed by atoms with Crippen molar-refractivity contribution in [2.75, 3.05) is 19.6 Å². The Balaban J connectivity index is 1.49. The molecule has 0 aliphatic carbocycles. The lowest BCUT2D eigenvalue weighted by Gasteiger charge is -2.14. The molecule has 2 unspecified atom stereocenters. The highest BCUT2D eigenvalue weighted by atomic mass is 16.5. The summed E-state index contributed by atoms with van der Waals surface area (Å²) in [6.45, 7) is 2.24. The van der Waals surface area contributed by atoms with Crippen molar-refractivity contribution in [3.63, 3.8) is 0 Å². The van der Waals surface area contributed by atoms with E-state index in [1.807, 2.05) is 12.1 Å². The first kappa shape index (κ1) is 16.4. The molecule has 1 aromatic carbocycles. The zero-order chi connectivity index (χ0) is 16.8. The fourth-order valence-electron chi connectivity index (χ4n) is 2.60. The summed E-state index contributed by atoms with van der Waals surface area (Å²) in [4.78, 5) is 16.1. The first-order valence-electron chi connectivity index (χ1n) is 8.01. The van der Waals surface area contributed by atoms with Gasteiger partial charge < -0.3 is 20.5 Å². The Morgan fingerprint density at radius 1 is 1.21 bits per heavy atom. The van der Waals surface area contributed by atoms with Crippen LogP contribution in [0.5, 0.6) is 5.75 Å². The van der Waals surface area contributed by atoms with Crippen molar-refractivity contribution >= 4 is 5.91 Å². The minimum absolute atomic E-state index is 0.0666. The van der Waals surface area contributed by atoms with Crippen LogP contribution in [0.4, 0.5) is 0 Å². The number of aliphatic hydroxyl groups is 1. The Morgan fingerprint density at radius 3 is 2.62 bits per heavy atom. The molecular weight excluding hydrogens is 306 g/mol. The van der Waals surface area contributed by atoms with Crippen molar-refractivity contribution < 1.29 is 14.6 Å². The van der Waals surface area contributed by atoms with Crippen molar-refractivity contribution in [1.82, 2.24) is 15.6 Å². The molecule has 2 aromatic rings. The molecule has 1 aliphatic rings. The van der Waals surface area contributed by atoms with E-state index in [1.54, 1.807) is 36.7 Å². The molecule has 0 radical (unpaired) electrons. The number of nitrogens with one attached hydrogen (secondary N) is 2. The van der Waals surface area contributed by atoms with Crippen LogP contribution in [0.25, 0.3) is 0 Å². The van der Waals surface area contributed by atoms with Crippen LogP contribution in [-0.2, 0) is 6.61 Å². The maximum Gasteiger partial charge on any atom is 0.251 e. The molecule has 0 bridgehead atoms. The predicted octanol–water partition coefficient (Wildman–Crippen LogP) is 0.971. The van der Waals surface area contributed by atoms with Gasteiger partial charge in [-0.05, 0) is 42.0 Å². The minimum Gasteiger partial charge on any atom is -0.489 e. The van der Waals surface area contributed by atoms with Crippen LogP contribution in [0.2, 0.25) is 0 Å². The quantitative estimate of drug-likeness (QED) is 0.736. The summed E-state index contributed by atoms with van der Waals surface area (Å²) >= 11 is 0. The van der Waals surface area contributed by atoms with Gasteiger partial charge in [-0.1, -0.05) is 0 Å². The number of hydrogen-bond donors (Lipinski definition) is 3. The number of ether oxygens (including phenoxy) is 1. The molecule has 1 aliphatic heterocycles. The lowest BCUT2D eigenvalue weighted by molar-refractivity contribution is 0.0927. The third kappa shape index (κ3) is 4.31. The SMILES string of the molecule is O=C(NCC1CNCC1O)c1ccc(OCc2ccncc2)cc1. The van der Waals surface area contributed by atoms with E-state index in [9.17, 15) is 9.90 Å². The molecule has 126 valence electrons. The highest BCUT2D eigenvalue weighted by molar-refractivity contribution is 5.94. The van der Waals surface area contributed by atoms with Crippen LogP contribution in [0, 0.1) is 5.92 Å². The number of carbonyl (C=O) groups excluding carboxylic acids is 1. The molecule has 6 nitrogen and oxygen atoms in total. The van der Waals surface area contributed by atoms with Crippen LogP contribution in [-0.4, -0.2) is 41.7 Å². The van der Waals surface area contributed by atoms with E-state index in [2.05, 4.69) is 15.6 Å². The van der Waals surface area contributed by atoms with E-state index in [0.29, 0.717) is 31.0 Å². The van der Waals surface area contributed by atoms with E-state index in [4.69, 9.17) is 4.74 Å². The fourth-order valence-corrected chi connectivity index (χ4v) is 2.60. The molecule has 1 aromatic heterocycles. The summed E-state index contributed by atoms with van der Waals surface area (Å²) < 4.78 is 5.68. The topological polar surface area (TPSA) is 83.5 Å². The van der Waals surface area contributed by atoms with Crippen molar-refractivity contribution in [1.29, 1.82) is 0 Å². The van der Waals surface area contributed by atoms with E-state index in [-0.39, 0.29) is 11.8 Å². The van der Waals surface area contributed by atoms with E-state index < -0.39 is 6.10 Å². The van der Waals surface area contributed by atoms with Gasteiger partial charge in [-0.15, -0.1) is 0 Å². The Hall–Kier alpha value is -2.44. The fraction of sp³-hybridized carbons (Fsp3) is 0.333. The van der Waals surface area contributed by atoms with Gasteiger partial charge >= 0.3 is 0 Å². The van der Waals surface area contributed by atoms with E-state index in [1.165, 1.54) is 0 Å². The van der Waals surface area contributed by atoms with Crippen LogP contribution in [0.3, 0.4) is 0 Å². The van der Waals surface area contributed by atoms with Gasteiger partial charge in [0.05, 0.1) is 6.10 Å². The monoisotopic (exact) mass is 327 g/mol. The Bertz CT molecular complexity index is 661. The van der Waals surface area contributed by atoms with Gasteiger partial charge in [0, 0.05) is 43.5 Å². The van der Waals surface area contributed by atoms with Gasteiger partial charge in [0.1, 0.15) is 12.4 Å². The largest absolute Gasteiger partial charge is 0.489 e. The maximum atomic E-state index is 12.1. The molecule has 1 fully saturated rings. The van der Waals surface area contributed by atoms with Crippen molar-refractivity contribution in [2.45, 2.75) is 12.7 Å². The molecule has 1 amide bonds. The van der Waals surface area contributed by atoms with Gasteiger partial charge in [-0.25, -0.2) is 0 Å². The van der Waals surface area contributed by atoms with Crippen LogP contribution < -0.4 is 15.4 Å². The molecule has 0 saturated carbocycles. The third-order valence-corrected chi connectivity index (χ3v) is 4.10. The average Bonchev–Trinajstić information content (AvgIpc) is 3.04. The predicted molar refractivity (Wildman–Crippen MR) is 89.7 cm³/mol. The third-order valence-electron chi connectivity index (χ3n) is 4.10. The molecule has 6 heteroatoms. The number of hydrogen-bond acceptors (Lipinski definition) is 5. The van der Waals surface area contributed by atoms with Crippen molar-refractivity contribution in [3.05, 3.63) is 59.9 Å². The highest BCUT2D eigenvalue weighted by Crippen LogP contribution is 2.14. The Morgan fingerprint density at radius 2 is 1.96 bits per heavy atom. The number of benzene rings is 1. The molecule has 24 heavy (non-hydrogen) atoms. The second kappa shape index (κ2) is 7.90. The standard InChI is InChI=1S/C18H21N3O3/c22-17-11-20-9-15(17)10-21-18(23)14-1-3-16(4-2-14)24-12-13-5-7-19-8-6-13/h1-8,15,17,20,22H,9-12H2,(H,21,23). The van der Waals surface area contributed by atoms with Crippen LogP contribution in [0.1, 0.15) is 15.9 Å². The number of amides is 1. The molecule has 2 atom stereocenters. The summed E-state index contributed by atoms with van der Waals surface area (Å²) in [5, 5.41) is 15.7. The second-order valence-electron chi connectivity index (χ2n) is 5.86. The summed E-state index contributed by atoms with van der Waals surface area (Å²) in [6, 6.07) is 10.8. The second-order valence-corrected chi connectivity index (χ2v) is 5.86. The number of aromatic nitrogens is 1. The van der Waals surface area contributed by atoms with Gasteiger partial charge in [-0.3, -0.25) is 9.78 Å². The summed E-state index contributed by atoms with van der Waals surface area (Å²) in [7, 11) is 0. The number of aliphatic hydroxyl groups excluding tert-OH is 1. The van der Waals surface area contributed by atoms with Crippen LogP contribution in [0.15, 0.2) is 48.8 Å². The average molecular weight is 327 g/mol. The molecule has 3 rings (SSSR count). The smallest absolute Gasteiger partial charge is 0.251 e. The van der Waals surface area contributed by atoms with Gasteiger partial charge in [0.2, 0.25) is 0 Å². The number of β-amino-alcohol motifs (C(OH)–C–C–N with tert-alkyl or cyclic N) is 1. The summed E-state index contributed by atoms with van der Waals surface area (Å²) in [5.41, 5.74) is 1.61. The number of nitrogens with zero attached hydrogens (tertiary/aromatic N) is 1. The van der Waals surface area contributed by atoms with Crippen LogP contribution >= 0.6 is 0 Å². The van der Waals surface area contributed by atoms with Crippen molar-refractivity contribution in [2.24, 2.45) is 5.92 Å². The van der Waals surface area contributed by atoms with E-state index >= 15 is 0 Å². The summed E-state index contributed by atoms with van der Waals surface area (Å²) in [5.74, 6) is 0.630. The Labute approximate surface area is 140 Å². The lowest BCUT2D eigenvalue weighted by Crippen LogP contribution is -2.34. The molecule has 1 saturated heterocycles. The maximum absolute atomic E-state index is 12.1. The van der Waals surface area contributed by atoms with Gasteiger partial charge in [-0.2, -0.15) is 0 Å². The molecule has 2 heterocycles. The molecule has 0 spiro atoms. The highest BCUT2D eigenvalue weighted by Gasteiger charge is 2.25. The number of rotatable bonds is 6. The first-order valence-corrected chi connectivity index (χ1v) is 8.01. The Kier molecular flexibility index (Phi) is 5.40. The van der Waals surface area contributed by atoms with Crippen molar-refractivity contribution in [3.8, 4) is 5.75 Å². The zero-order valence-corrected chi connectivity index (χ0v) is 13.3. The van der Waals surface area contributed by atoms with Gasteiger partial charge in [0.15, 0.2) is 0 Å². The first-order chi connectivity index (χ1) is 11.7. The number of pyridine rings is 1. The minimum atomic E-state index is -0.394. The summed E-state index contributed by atoms with van der Waals surface area (Å²) in [6.07, 6.45) is 3.06. The molecular formula is C18H21N3O3.